The van der Waals surface area contributed by atoms with E-state index in [-0.39, 0.29) is 12.4 Å². The second-order valence-electron chi connectivity index (χ2n) is 5.27. The van der Waals surface area contributed by atoms with Gasteiger partial charge in [0.25, 0.3) is 0 Å². The van der Waals surface area contributed by atoms with Crippen LogP contribution in [0.1, 0.15) is 18.4 Å². The van der Waals surface area contributed by atoms with Crippen molar-refractivity contribution in [1.82, 2.24) is 10.6 Å². The number of piperidine rings is 1. The third-order valence-electron chi connectivity index (χ3n) is 3.46. The Labute approximate surface area is 117 Å². The number of carbonyl (C=O) groups is 1. The molecule has 1 heterocycles. The molecular formula is C14H20FN3O2. The molecule has 0 bridgehead atoms. The van der Waals surface area contributed by atoms with Crippen LogP contribution in [0.3, 0.4) is 0 Å². The topological polar surface area (TPSA) is 73.4 Å². The first-order valence-corrected chi connectivity index (χ1v) is 6.73. The summed E-state index contributed by atoms with van der Waals surface area (Å²) in [4.78, 5) is 11.8. The number of aliphatic hydroxyl groups is 1. The molecule has 1 aliphatic rings. The number of benzene rings is 1. The molecule has 1 aromatic carbocycles. The van der Waals surface area contributed by atoms with Crippen molar-refractivity contribution < 1.29 is 14.3 Å². The molecular weight excluding hydrogens is 261 g/mol. The monoisotopic (exact) mass is 281 g/mol. The number of urea groups is 1. The van der Waals surface area contributed by atoms with Crippen molar-refractivity contribution in [3.05, 3.63) is 29.6 Å². The summed E-state index contributed by atoms with van der Waals surface area (Å²) in [5.74, 6) is -0.337. The Morgan fingerprint density at radius 3 is 3.00 bits per heavy atom. The molecule has 110 valence electrons. The lowest BCUT2D eigenvalue weighted by molar-refractivity contribution is 0.0198. The van der Waals surface area contributed by atoms with Crippen LogP contribution in [0.15, 0.2) is 18.2 Å². The molecule has 6 heteroatoms. The number of β-amino-alcohol motifs (C(OH)–C–C–N with tert-alkyl or cyclic N) is 1. The number of aryl methyl sites for hydroxylation is 1. The van der Waals surface area contributed by atoms with Crippen molar-refractivity contribution in [2.24, 2.45) is 0 Å². The number of hydrogen-bond donors (Lipinski definition) is 4. The molecule has 1 fully saturated rings. The Morgan fingerprint density at radius 1 is 1.55 bits per heavy atom. The van der Waals surface area contributed by atoms with Gasteiger partial charge in [0, 0.05) is 18.8 Å². The zero-order valence-corrected chi connectivity index (χ0v) is 11.5. The fourth-order valence-corrected chi connectivity index (χ4v) is 2.28. The van der Waals surface area contributed by atoms with Gasteiger partial charge in [-0.15, -0.1) is 0 Å². The third kappa shape index (κ3) is 3.91. The smallest absolute Gasteiger partial charge is 0.319 e. The number of halogens is 1. The largest absolute Gasteiger partial charge is 0.387 e. The van der Waals surface area contributed by atoms with Gasteiger partial charge >= 0.3 is 6.03 Å². The van der Waals surface area contributed by atoms with E-state index in [0.717, 1.165) is 13.0 Å². The number of amides is 2. The summed E-state index contributed by atoms with van der Waals surface area (Å²) in [6.07, 6.45) is 1.55. The molecule has 2 rings (SSSR count). The summed E-state index contributed by atoms with van der Waals surface area (Å²) in [5, 5.41) is 18.6. The Morgan fingerprint density at radius 2 is 2.35 bits per heavy atom. The van der Waals surface area contributed by atoms with Gasteiger partial charge in [-0.25, -0.2) is 9.18 Å². The number of rotatable bonds is 3. The first-order chi connectivity index (χ1) is 9.48. The van der Waals surface area contributed by atoms with Gasteiger partial charge in [-0.2, -0.15) is 0 Å². The zero-order valence-electron chi connectivity index (χ0n) is 11.5. The van der Waals surface area contributed by atoms with E-state index in [1.54, 1.807) is 6.92 Å². The predicted molar refractivity (Wildman–Crippen MR) is 75.2 cm³/mol. The maximum atomic E-state index is 13.0. The summed E-state index contributed by atoms with van der Waals surface area (Å²) in [6, 6.07) is 3.76. The highest BCUT2D eigenvalue weighted by Gasteiger charge is 2.29. The SMILES string of the molecule is Cc1cc(F)ccc1NC(=O)NC[C@]1(O)CCCNC1. The number of nitrogens with one attached hydrogen (secondary N) is 3. The van der Waals surface area contributed by atoms with Crippen LogP contribution in [0.2, 0.25) is 0 Å². The molecule has 0 aromatic heterocycles. The van der Waals surface area contributed by atoms with Crippen LogP contribution in [0.25, 0.3) is 0 Å². The van der Waals surface area contributed by atoms with Crippen LogP contribution in [-0.4, -0.2) is 36.4 Å². The van der Waals surface area contributed by atoms with E-state index in [4.69, 9.17) is 0 Å². The maximum Gasteiger partial charge on any atom is 0.319 e. The molecule has 20 heavy (non-hydrogen) atoms. The van der Waals surface area contributed by atoms with E-state index in [1.165, 1.54) is 18.2 Å². The molecule has 1 aromatic rings. The van der Waals surface area contributed by atoms with Crippen molar-refractivity contribution in [1.29, 1.82) is 0 Å². The maximum absolute atomic E-state index is 13.0. The standard InChI is InChI=1S/C14H20FN3O2/c1-10-7-11(15)3-4-12(10)18-13(19)17-9-14(20)5-2-6-16-8-14/h3-4,7,16,20H,2,5-6,8-9H2,1H3,(H2,17,18,19)/t14-/m0/s1. The summed E-state index contributed by atoms with van der Waals surface area (Å²) >= 11 is 0. The van der Waals surface area contributed by atoms with Gasteiger partial charge in [0.15, 0.2) is 0 Å². The molecule has 0 radical (unpaired) electrons. The van der Waals surface area contributed by atoms with E-state index in [1.807, 2.05) is 0 Å². The first-order valence-electron chi connectivity index (χ1n) is 6.73. The van der Waals surface area contributed by atoms with E-state index in [0.29, 0.717) is 24.2 Å². The molecule has 0 unspecified atom stereocenters. The third-order valence-corrected chi connectivity index (χ3v) is 3.46. The fraction of sp³-hybridized carbons (Fsp3) is 0.500. The average molecular weight is 281 g/mol. The normalized spacial score (nSPS) is 22.4. The lowest BCUT2D eigenvalue weighted by Gasteiger charge is -2.32. The van der Waals surface area contributed by atoms with Crippen molar-refractivity contribution in [2.75, 3.05) is 25.0 Å². The summed E-state index contributed by atoms with van der Waals surface area (Å²) in [6.45, 7) is 3.27. The van der Waals surface area contributed by atoms with Crippen LogP contribution in [0.4, 0.5) is 14.9 Å². The average Bonchev–Trinajstić information content (AvgIpc) is 2.41. The highest BCUT2D eigenvalue weighted by atomic mass is 19.1. The summed E-state index contributed by atoms with van der Waals surface area (Å²) in [5.41, 5.74) is 0.309. The number of hydrogen-bond acceptors (Lipinski definition) is 3. The molecule has 0 saturated carbocycles. The molecule has 1 atom stereocenters. The second-order valence-corrected chi connectivity index (χ2v) is 5.27. The van der Waals surface area contributed by atoms with E-state index in [2.05, 4.69) is 16.0 Å². The molecule has 2 amide bonds. The number of carbonyl (C=O) groups excluding carboxylic acids is 1. The van der Waals surface area contributed by atoms with E-state index >= 15 is 0 Å². The van der Waals surface area contributed by atoms with E-state index < -0.39 is 11.6 Å². The minimum absolute atomic E-state index is 0.187. The van der Waals surface area contributed by atoms with Gasteiger partial charge in [0.05, 0.1) is 5.60 Å². The van der Waals surface area contributed by atoms with Crippen LogP contribution >= 0.6 is 0 Å². The Kier molecular flexibility index (Phi) is 4.57. The summed E-state index contributed by atoms with van der Waals surface area (Å²) < 4.78 is 13.0. The van der Waals surface area contributed by atoms with Gasteiger partial charge in [-0.05, 0) is 50.1 Å². The predicted octanol–water partition coefficient (Wildman–Crippen LogP) is 1.37. The van der Waals surface area contributed by atoms with Gasteiger partial charge < -0.3 is 21.1 Å². The quantitative estimate of drug-likeness (QED) is 0.676. The minimum Gasteiger partial charge on any atom is -0.387 e. The van der Waals surface area contributed by atoms with Crippen molar-refractivity contribution in [3.63, 3.8) is 0 Å². The van der Waals surface area contributed by atoms with Crippen LogP contribution in [-0.2, 0) is 0 Å². The number of anilines is 1. The minimum atomic E-state index is -0.895. The summed E-state index contributed by atoms with van der Waals surface area (Å²) in [7, 11) is 0. The molecule has 0 spiro atoms. The van der Waals surface area contributed by atoms with Crippen molar-refractivity contribution in [2.45, 2.75) is 25.4 Å². The lowest BCUT2D eigenvalue weighted by atomic mass is 9.94. The molecule has 5 nitrogen and oxygen atoms in total. The molecule has 1 aliphatic heterocycles. The second kappa shape index (κ2) is 6.19. The molecule has 1 saturated heterocycles. The lowest BCUT2D eigenvalue weighted by Crippen LogP contribution is -2.53. The Hall–Kier alpha value is -1.66. The Balaban J connectivity index is 1.86. The van der Waals surface area contributed by atoms with E-state index in [9.17, 15) is 14.3 Å². The van der Waals surface area contributed by atoms with Crippen LogP contribution < -0.4 is 16.0 Å². The highest BCUT2D eigenvalue weighted by molar-refractivity contribution is 5.90. The Bertz CT molecular complexity index is 487. The fourth-order valence-electron chi connectivity index (χ4n) is 2.28. The zero-order chi connectivity index (χ0) is 14.6. The first kappa shape index (κ1) is 14.7. The van der Waals surface area contributed by atoms with Crippen molar-refractivity contribution in [3.8, 4) is 0 Å². The van der Waals surface area contributed by atoms with Gasteiger partial charge in [0.1, 0.15) is 5.82 Å². The van der Waals surface area contributed by atoms with Gasteiger partial charge in [0.2, 0.25) is 0 Å². The van der Waals surface area contributed by atoms with Gasteiger partial charge in [-0.3, -0.25) is 0 Å². The molecule has 4 N–H and O–H groups in total. The van der Waals surface area contributed by atoms with Crippen molar-refractivity contribution >= 4 is 11.7 Å². The van der Waals surface area contributed by atoms with Crippen LogP contribution in [0, 0.1) is 12.7 Å². The molecule has 0 aliphatic carbocycles. The van der Waals surface area contributed by atoms with Crippen LogP contribution in [0.5, 0.6) is 0 Å². The van der Waals surface area contributed by atoms with Gasteiger partial charge in [-0.1, -0.05) is 0 Å². The highest BCUT2D eigenvalue weighted by Crippen LogP contribution is 2.16.